The number of hydrogen-bond acceptors (Lipinski definition) is 2. The van der Waals surface area contributed by atoms with Crippen molar-refractivity contribution in [2.75, 3.05) is 27.2 Å². The lowest BCUT2D eigenvalue weighted by atomic mass is 10.3. The highest BCUT2D eigenvalue weighted by atomic mass is 79.9. The minimum Gasteiger partial charge on any atom is -1.00 e. The first-order valence-corrected chi connectivity index (χ1v) is 3.95. The van der Waals surface area contributed by atoms with Crippen molar-refractivity contribution in [3.8, 4) is 6.07 Å². The van der Waals surface area contributed by atoms with E-state index in [1.54, 1.807) is 0 Å². The number of nitrogens with two attached hydrogens (primary N) is 1. The minimum atomic E-state index is -0.294. The van der Waals surface area contributed by atoms with Gasteiger partial charge in [0.05, 0.1) is 26.7 Å². The molecule has 0 unspecified atom stereocenters. The quantitative estimate of drug-likeness (QED) is 0.414. The van der Waals surface area contributed by atoms with Crippen molar-refractivity contribution in [2.45, 2.75) is 12.8 Å². The Morgan fingerprint density at radius 1 is 1.54 bits per heavy atom. The standard InChI is InChI=1S/C8H15N3O.BrH/c1-11(2,7-8(10)12)6-4-3-5-9;/h3-4,6-7H2,1-2H3,(H-,10,12);1H. The molecule has 0 heterocycles. The molecule has 2 N–H and O–H groups in total. The van der Waals surface area contributed by atoms with Crippen LogP contribution in [0.5, 0.6) is 0 Å². The molecule has 13 heavy (non-hydrogen) atoms. The lowest BCUT2D eigenvalue weighted by molar-refractivity contribution is -0.882. The molecule has 0 radical (unpaired) electrons. The molecule has 0 fully saturated rings. The SMILES string of the molecule is C[N+](C)(CCCC#N)CC(N)=O.[Br-]. The van der Waals surface area contributed by atoms with Gasteiger partial charge in [0.15, 0.2) is 6.54 Å². The van der Waals surface area contributed by atoms with E-state index in [9.17, 15) is 4.79 Å². The highest BCUT2D eigenvalue weighted by molar-refractivity contribution is 5.74. The second-order valence-electron chi connectivity index (χ2n) is 3.55. The molecule has 0 saturated heterocycles. The van der Waals surface area contributed by atoms with Crippen LogP contribution >= 0.6 is 0 Å². The first-order valence-electron chi connectivity index (χ1n) is 3.95. The summed E-state index contributed by atoms with van der Waals surface area (Å²) in [5, 5.41) is 8.30. The minimum absolute atomic E-state index is 0. The summed E-state index contributed by atoms with van der Waals surface area (Å²) in [6, 6.07) is 2.07. The third kappa shape index (κ3) is 9.31. The number of nitrogens with zero attached hydrogens (tertiary/aromatic N) is 2. The molecule has 0 atom stereocenters. The molecular formula is C8H16BrN3O. The average molecular weight is 250 g/mol. The zero-order valence-electron chi connectivity index (χ0n) is 8.09. The van der Waals surface area contributed by atoms with E-state index in [0.29, 0.717) is 17.4 Å². The fourth-order valence-corrected chi connectivity index (χ4v) is 1.09. The largest absolute Gasteiger partial charge is 1.00 e. The van der Waals surface area contributed by atoms with Gasteiger partial charge in [-0.2, -0.15) is 5.26 Å². The van der Waals surface area contributed by atoms with Crippen LogP contribution in [0.25, 0.3) is 0 Å². The Hall–Kier alpha value is -0.600. The predicted molar refractivity (Wildman–Crippen MR) is 45.9 cm³/mol. The van der Waals surface area contributed by atoms with Gasteiger partial charge < -0.3 is 27.2 Å². The molecule has 0 aliphatic heterocycles. The number of amides is 1. The maximum atomic E-state index is 10.6. The molecule has 0 rings (SSSR count). The summed E-state index contributed by atoms with van der Waals surface area (Å²) in [4.78, 5) is 10.6. The van der Waals surface area contributed by atoms with Gasteiger partial charge in [0, 0.05) is 12.8 Å². The van der Waals surface area contributed by atoms with E-state index in [-0.39, 0.29) is 22.9 Å². The van der Waals surface area contributed by atoms with Gasteiger partial charge in [0.1, 0.15) is 0 Å². The molecule has 0 saturated carbocycles. The van der Waals surface area contributed by atoms with Gasteiger partial charge in [0.2, 0.25) is 0 Å². The maximum absolute atomic E-state index is 10.6. The van der Waals surface area contributed by atoms with Crippen LogP contribution in [0.1, 0.15) is 12.8 Å². The average Bonchev–Trinajstić information content (AvgIpc) is 1.84. The first-order chi connectivity index (χ1) is 5.48. The van der Waals surface area contributed by atoms with Gasteiger partial charge in [-0.25, -0.2) is 0 Å². The number of nitriles is 1. The van der Waals surface area contributed by atoms with E-state index >= 15 is 0 Å². The Balaban J connectivity index is 0. The summed E-state index contributed by atoms with van der Waals surface area (Å²) < 4.78 is 0.566. The number of halogens is 1. The topological polar surface area (TPSA) is 66.9 Å². The van der Waals surface area contributed by atoms with Gasteiger partial charge in [-0.1, -0.05) is 0 Å². The van der Waals surface area contributed by atoms with Crippen molar-refractivity contribution >= 4 is 5.91 Å². The summed E-state index contributed by atoms with van der Waals surface area (Å²) in [6.07, 6.45) is 1.36. The van der Waals surface area contributed by atoms with Gasteiger partial charge in [-0.15, -0.1) is 0 Å². The fourth-order valence-electron chi connectivity index (χ4n) is 1.09. The van der Waals surface area contributed by atoms with E-state index in [2.05, 4.69) is 6.07 Å². The van der Waals surface area contributed by atoms with E-state index in [4.69, 9.17) is 11.0 Å². The number of quaternary nitrogens is 1. The van der Waals surface area contributed by atoms with Crippen LogP contribution in [0.15, 0.2) is 0 Å². The Labute approximate surface area is 89.7 Å². The van der Waals surface area contributed by atoms with Gasteiger partial charge in [-0.05, 0) is 0 Å². The predicted octanol–water partition coefficient (Wildman–Crippen LogP) is -3.14. The molecule has 0 aliphatic rings. The number of unbranched alkanes of at least 4 members (excludes halogenated alkanes) is 1. The van der Waals surface area contributed by atoms with Crippen molar-refractivity contribution in [3.05, 3.63) is 0 Å². The summed E-state index contributed by atoms with van der Waals surface area (Å²) in [7, 11) is 3.87. The van der Waals surface area contributed by atoms with Crippen LogP contribution in [0.2, 0.25) is 0 Å². The smallest absolute Gasteiger partial charge is 0.272 e. The molecule has 1 amide bonds. The van der Waals surface area contributed by atoms with Crippen LogP contribution < -0.4 is 22.7 Å². The molecular weight excluding hydrogens is 234 g/mol. The van der Waals surface area contributed by atoms with Crippen molar-refractivity contribution < 1.29 is 26.3 Å². The second-order valence-corrected chi connectivity index (χ2v) is 3.55. The van der Waals surface area contributed by atoms with Gasteiger partial charge in [0.25, 0.3) is 5.91 Å². The zero-order chi connectivity index (χ0) is 9.61. The summed E-state index contributed by atoms with van der Waals surface area (Å²) in [5.74, 6) is -0.294. The van der Waals surface area contributed by atoms with Crippen LogP contribution in [-0.4, -0.2) is 37.6 Å². The van der Waals surface area contributed by atoms with E-state index in [1.165, 1.54) is 0 Å². The summed E-state index contributed by atoms with van der Waals surface area (Å²) in [6.45, 7) is 1.15. The molecule has 0 aromatic rings. The molecule has 0 aromatic heterocycles. The zero-order valence-corrected chi connectivity index (χ0v) is 9.67. The highest BCUT2D eigenvalue weighted by Gasteiger charge is 2.16. The third-order valence-corrected chi connectivity index (χ3v) is 1.64. The van der Waals surface area contributed by atoms with Crippen molar-refractivity contribution in [2.24, 2.45) is 5.73 Å². The Morgan fingerprint density at radius 3 is 2.46 bits per heavy atom. The number of primary amides is 1. The highest BCUT2D eigenvalue weighted by Crippen LogP contribution is 1.99. The number of hydrogen-bond donors (Lipinski definition) is 1. The molecule has 0 bridgehead atoms. The lowest BCUT2D eigenvalue weighted by Crippen LogP contribution is -3.00. The Kier molecular flexibility index (Phi) is 7.87. The van der Waals surface area contributed by atoms with Crippen LogP contribution in [0.3, 0.4) is 0 Å². The van der Waals surface area contributed by atoms with Gasteiger partial charge in [-0.3, -0.25) is 4.79 Å². The van der Waals surface area contributed by atoms with Crippen molar-refractivity contribution in [1.29, 1.82) is 5.26 Å². The Bertz CT molecular complexity index is 198. The lowest BCUT2D eigenvalue weighted by Gasteiger charge is -2.27. The van der Waals surface area contributed by atoms with E-state index in [1.807, 2.05) is 14.1 Å². The van der Waals surface area contributed by atoms with E-state index < -0.39 is 0 Å². The monoisotopic (exact) mass is 249 g/mol. The molecule has 0 spiro atoms. The number of likely N-dealkylation sites (N-methyl/N-ethyl adjacent to an activating group) is 1. The number of rotatable bonds is 5. The van der Waals surface area contributed by atoms with Crippen LogP contribution in [0, 0.1) is 11.3 Å². The van der Waals surface area contributed by atoms with Crippen molar-refractivity contribution in [3.63, 3.8) is 0 Å². The fraction of sp³-hybridized carbons (Fsp3) is 0.750. The first kappa shape index (κ1) is 14.9. The Morgan fingerprint density at radius 2 is 2.08 bits per heavy atom. The molecule has 5 heteroatoms. The molecule has 0 aliphatic carbocycles. The van der Waals surface area contributed by atoms with Crippen LogP contribution in [0.4, 0.5) is 0 Å². The summed E-state index contributed by atoms with van der Waals surface area (Å²) in [5.41, 5.74) is 5.06. The van der Waals surface area contributed by atoms with Gasteiger partial charge >= 0.3 is 0 Å². The second kappa shape index (κ2) is 6.87. The number of carbonyl (C=O) groups is 1. The molecule has 0 aromatic carbocycles. The summed E-state index contributed by atoms with van der Waals surface area (Å²) >= 11 is 0. The molecule has 4 nitrogen and oxygen atoms in total. The maximum Gasteiger partial charge on any atom is 0.272 e. The van der Waals surface area contributed by atoms with E-state index in [0.717, 1.165) is 13.0 Å². The number of carbonyl (C=O) groups excluding carboxylic acids is 1. The van der Waals surface area contributed by atoms with Crippen LogP contribution in [-0.2, 0) is 4.79 Å². The third-order valence-electron chi connectivity index (χ3n) is 1.64. The molecule has 76 valence electrons. The van der Waals surface area contributed by atoms with Crippen molar-refractivity contribution in [1.82, 2.24) is 0 Å². The normalized spacial score (nSPS) is 9.92.